The number of ether oxygens (including phenoxy) is 1. The lowest BCUT2D eigenvalue weighted by atomic mass is 9.51. The third-order valence-corrected chi connectivity index (χ3v) is 8.97. The molecule has 7 nitrogen and oxygen atoms in total. The molecule has 34 heavy (non-hydrogen) atoms. The number of aromatic hydroxyl groups is 1. The fourth-order valence-electron chi connectivity index (χ4n) is 7.59. The Bertz CT molecular complexity index is 1110. The van der Waals surface area contributed by atoms with Crippen molar-refractivity contribution in [2.45, 2.75) is 61.7 Å². The molecule has 0 amide bonds. The lowest BCUT2D eigenvalue weighted by Crippen LogP contribution is -2.69. The molecule has 6 atom stereocenters. The average molecular weight is 465 g/mol. The second-order valence-electron chi connectivity index (χ2n) is 10.4. The van der Waals surface area contributed by atoms with E-state index in [0.29, 0.717) is 24.1 Å². The van der Waals surface area contributed by atoms with Crippen molar-refractivity contribution in [1.82, 2.24) is 9.96 Å². The van der Waals surface area contributed by atoms with Crippen LogP contribution in [0.1, 0.15) is 36.0 Å². The normalized spacial score (nSPS) is 32.2. The summed E-state index contributed by atoms with van der Waals surface area (Å²) >= 11 is 0. The molecular weight excluding hydrogens is 432 g/mol. The molecule has 2 bridgehead atoms. The van der Waals surface area contributed by atoms with Crippen molar-refractivity contribution in [3.63, 3.8) is 0 Å². The Morgan fingerprint density at radius 3 is 2.79 bits per heavy atom. The number of hydroxylamine groups is 2. The van der Waals surface area contributed by atoms with Gasteiger partial charge in [0.25, 0.3) is 0 Å². The number of hydrogen-bond donors (Lipinski definition) is 2. The fraction of sp³-hybridized carbons (Fsp3) is 0.519. The number of aliphatic carboxylic acids is 1. The maximum absolute atomic E-state index is 12.5. The summed E-state index contributed by atoms with van der Waals surface area (Å²) in [7, 11) is 3.77. The predicted octanol–water partition coefficient (Wildman–Crippen LogP) is 2.99. The molecule has 2 aromatic carbocycles. The number of nitrogens with zero attached hydrogens (tertiary/aromatic N) is 2. The summed E-state index contributed by atoms with van der Waals surface area (Å²) in [5.74, 6) is 0.294. The van der Waals surface area contributed by atoms with E-state index >= 15 is 0 Å². The molecule has 1 saturated heterocycles. The van der Waals surface area contributed by atoms with Crippen molar-refractivity contribution in [1.29, 1.82) is 0 Å². The lowest BCUT2D eigenvalue weighted by molar-refractivity contribution is -0.232. The van der Waals surface area contributed by atoms with Crippen molar-refractivity contribution < 1.29 is 24.6 Å². The molecule has 2 aliphatic heterocycles. The van der Waals surface area contributed by atoms with Gasteiger partial charge in [0.2, 0.25) is 0 Å². The maximum Gasteiger partial charge on any atom is 0.323 e. The Labute approximate surface area is 199 Å². The predicted molar refractivity (Wildman–Crippen MR) is 126 cm³/mol. The van der Waals surface area contributed by atoms with Gasteiger partial charge in [-0.2, -0.15) is 5.06 Å². The minimum Gasteiger partial charge on any atom is -0.504 e. The maximum atomic E-state index is 12.5. The van der Waals surface area contributed by atoms with Crippen LogP contribution in [0.4, 0.5) is 0 Å². The van der Waals surface area contributed by atoms with Crippen LogP contribution in [0.15, 0.2) is 42.5 Å². The highest BCUT2D eigenvalue weighted by molar-refractivity contribution is 5.74. The smallest absolute Gasteiger partial charge is 0.323 e. The first-order valence-electron chi connectivity index (χ1n) is 12.3. The molecule has 0 aromatic heterocycles. The molecule has 2 aromatic rings. The molecule has 2 N–H and O–H groups in total. The molecule has 0 radical (unpaired) electrons. The first-order chi connectivity index (χ1) is 16.5. The number of likely N-dealkylation sites (tertiary alicyclic amines) is 1. The monoisotopic (exact) mass is 464 g/mol. The largest absolute Gasteiger partial charge is 0.504 e. The molecule has 7 heteroatoms. The minimum atomic E-state index is -0.908. The second-order valence-corrected chi connectivity index (χ2v) is 10.4. The van der Waals surface area contributed by atoms with E-state index in [1.54, 1.807) is 18.2 Å². The Morgan fingerprint density at radius 1 is 1.26 bits per heavy atom. The number of rotatable bonds is 6. The Kier molecular flexibility index (Phi) is 5.13. The van der Waals surface area contributed by atoms with E-state index < -0.39 is 12.0 Å². The van der Waals surface area contributed by atoms with Gasteiger partial charge in [-0.25, -0.2) is 0 Å². The quantitative estimate of drug-likeness (QED) is 0.636. The zero-order valence-electron chi connectivity index (χ0n) is 19.7. The third-order valence-electron chi connectivity index (χ3n) is 8.97. The minimum absolute atomic E-state index is 0.181. The zero-order valence-corrected chi connectivity index (χ0v) is 19.7. The summed E-state index contributed by atoms with van der Waals surface area (Å²) in [5, 5.41) is 22.7. The first kappa shape index (κ1) is 21.9. The van der Waals surface area contributed by atoms with Gasteiger partial charge in [0.1, 0.15) is 12.1 Å². The molecule has 2 heterocycles. The lowest BCUT2D eigenvalue weighted by Gasteiger charge is -2.60. The Morgan fingerprint density at radius 2 is 2.06 bits per heavy atom. The van der Waals surface area contributed by atoms with Crippen molar-refractivity contribution in [2.24, 2.45) is 5.92 Å². The fourth-order valence-corrected chi connectivity index (χ4v) is 7.59. The number of phenols is 1. The second kappa shape index (κ2) is 7.97. The summed E-state index contributed by atoms with van der Waals surface area (Å²) in [6, 6.07) is 12.9. The Hall–Kier alpha value is -2.61. The van der Waals surface area contributed by atoms with Crippen LogP contribution in [0.25, 0.3) is 0 Å². The van der Waals surface area contributed by atoms with Crippen LogP contribution in [0.3, 0.4) is 0 Å². The van der Waals surface area contributed by atoms with E-state index in [0.717, 1.165) is 37.8 Å². The standard InChI is InChI=1S/C27H32N2O5/c1-28-13-12-27-18-9-10-19(29(33-2)21(26(31)32)14-16-6-4-3-5-7-16)25(27)34-24-22(30)11-8-17(23(24)27)15-20(18)28/h3-8,11,18-21,25,30H,9-10,12-15H2,1-2H3,(H,31,32)/t18-,19+,20+,21-,25-,27-/m0/s1. The highest BCUT2D eigenvalue weighted by atomic mass is 16.7. The van der Waals surface area contributed by atoms with Gasteiger partial charge in [-0.3, -0.25) is 4.79 Å². The van der Waals surface area contributed by atoms with E-state index in [9.17, 15) is 15.0 Å². The number of carboxylic acid groups (broad SMARTS) is 1. The van der Waals surface area contributed by atoms with Gasteiger partial charge in [0, 0.05) is 23.4 Å². The van der Waals surface area contributed by atoms with Gasteiger partial charge >= 0.3 is 5.97 Å². The molecule has 1 saturated carbocycles. The highest BCUT2D eigenvalue weighted by Crippen LogP contribution is 2.64. The van der Waals surface area contributed by atoms with Crippen LogP contribution >= 0.6 is 0 Å². The van der Waals surface area contributed by atoms with Crippen LogP contribution in [-0.2, 0) is 27.9 Å². The van der Waals surface area contributed by atoms with E-state index in [1.807, 2.05) is 30.3 Å². The number of piperidine rings is 1. The summed E-state index contributed by atoms with van der Waals surface area (Å²) in [4.78, 5) is 20.8. The van der Waals surface area contributed by atoms with Crippen LogP contribution in [0.2, 0.25) is 0 Å². The van der Waals surface area contributed by atoms with Crippen LogP contribution in [0.5, 0.6) is 11.5 Å². The summed E-state index contributed by atoms with van der Waals surface area (Å²) in [6.45, 7) is 0.960. The number of hydrogen-bond acceptors (Lipinski definition) is 6. The Balaban J connectivity index is 1.42. The van der Waals surface area contributed by atoms with Crippen LogP contribution in [-0.4, -0.2) is 71.1 Å². The van der Waals surface area contributed by atoms with E-state index in [1.165, 1.54) is 11.1 Å². The van der Waals surface area contributed by atoms with Gasteiger partial charge in [-0.05, 0) is 62.4 Å². The van der Waals surface area contributed by atoms with E-state index in [2.05, 4.69) is 18.0 Å². The molecule has 1 spiro atoms. The van der Waals surface area contributed by atoms with Crippen molar-refractivity contribution in [3.05, 3.63) is 59.2 Å². The topological polar surface area (TPSA) is 82.5 Å². The molecule has 0 unspecified atom stereocenters. The SMILES string of the molecule is CON([C@@H]1CC[C@H]2[C@H]3Cc4ccc(O)c5c4[C@@]2(CCN3C)[C@H]1O5)[C@@H](Cc1ccccc1)C(=O)O. The molecular formula is C27H32N2O5. The number of likely N-dealkylation sites (N-methyl/N-ethyl adjacent to an activating group) is 1. The summed E-state index contributed by atoms with van der Waals surface area (Å²) in [6.07, 6.45) is 3.75. The van der Waals surface area contributed by atoms with Gasteiger partial charge in [0.15, 0.2) is 11.5 Å². The number of benzene rings is 2. The number of carboxylic acids is 1. The first-order valence-corrected chi connectivity index (χ1v) is 12.3. The van der Waals surface area contributed by atoms with Gasteiger partial charge in [-0.15, -0.1) is 0 Å². The van der Waals surface area contributed by atoms with Gasteiger partial charge < -0.3 is 24.7 Å². The summed E-state index contributed by atoms with van der Waals surface area (Å²) < 4.78 is 6.64. The van der Waals surface area contributed by atoms with Crippen molar-refractivity contribution in [3.8, 4) is 11.5 Å². The van der Waals surface area contributed by atoms with E-state index in [-0.39, 0.29) is 23.3 Å². The molecule has 2 fully saturated rings. The van der Waals surface area contributed by atoms with Crippen molar-refractivity contribution >= 4 is 5.97 Å². The summed E-state index contributed by atoms with van der Waals surface area (Å²) in [5.41, 5.74) is 3.15. The number of carbonyl (C=O) groups is 1. The van der Waals surface area contributed by atoms with E-state index in [4.69, 9.17) is 9.57 Å². The highest BCUT2D eigenvalue weighted by Gasteiger charge is 2.66. The molecule has 180 valence electrons. The molecule has 2 aliphatic carbocycles. The van der Waals surface area contributed by atoms with Crippen LogP contribution in [0, 0.1) is 5.92 Å². The third kappa shape index (κ3) is 2.96. The van der Waals surface area contributed by atoms with Gasteiger partial charge in [-0.1, -0.05) is 36.4 Å². The number of phenolic OH excluding ortho intramolecular Hbond substituents is 1. The van der Waals surface area contributed by atoms with Crippen LogP contribution < -0.4 is 4.74 Å². The van der Waals surface area contributed by atoms with Crippen molar-refractivity contribution in [2.75, 3.05) is 20.7 Å². The zero-order chi connectivity index (χ0) is 23.6. The molecule has 6 rings (SSSR count). The average Bonchev–Trinajstić information content (AvgIpc) is 3.19. The molecule has 4 aliphatic rings. The van der Waals surface area contributed by atoms with Gasteiger partial charge in [0.05, 0.1) is 13.2 Å².